The van der Waals surface area contributed by atoms with E-state index in [9.17, 15) is 4.79 Å². The molecular formula is C19H20ClN3O3. The molecule has 2 aromatic rings. The van der Waals surface area contributed by atoms with Gasteiger partial charge in [-0.05, 0) is 31.0 Å². The van der Waals surface area contributed by atoms with E-state index in [4.69, 9.17) is 21.1 Å². The van der Waals surface area contributed by atoms with Crippen LogP contribution >= 0.6 is 11.6 Å². The Morgan fingerprint density at radius 2 is 1.96 bits per heavy atom. The molecule has 1 atom stereocenters. The lowest BCUT2D eigenvalue weighted by Crippen LogP contribution is -2.50. The summed E-state index contributed by atoms with van der Waals surface area (Å²) >= 11 is 6.15. The van der Waals surface area contributed by atoms with E-state index in [2.05, 4.69) is 10.3 Å². The second-order valence-corrected chi connectivity index (χ2v) is 6.87. The fourth-order valence-electron chi connectivity index (χ4n) is 3.30. The maximum Gasteiger partial charge on any atom is 0.267 e. The molecule has 1 saturated heterocycles. The smallest absolute Gasteiger partial charge is 0.267 e. The maximum absolute atomic E-state index is 12.8. The Bertz CT molecular complexity index is 793. The van der Waals surface area contributed by atoms with Gasteiger partial charge in [-0.2, -0.15) is 0 Å². The van der Waals surface area contributed by atoms with Crippen LogP contribution in [0, 0.1) is 0 Å². The van der Waals surface area contributed by atoms with Crippen molar-refractivity contribution in [3.63, 3.8) is 0 Å². The fourth-order valence-corrected chi connectivity index (χ4v) is 3.48. The average Bonchev–Trinajstić information content (AvgIpc) is 2.69. The number of carbonyl (C=O) groups is 1. The number of anilines is 1. The van der Waals surface area contributed by atoms with Crippen molar-refractivity contribution in [2.45, 2.75) is 25.0 Å². The summed E-state index contributed by atoms with van der Waals surface area (Å²) in [7, 11) is 0. The quantitative estimate of drug-likeness (QED) is 0.896. The number of fused-ring (bicyclic) bond motifs is 1. The lowest BCUT2D eigenvalue weighted by molar-refractivity contribution is -0.142. The second-order valence-electron chi connectivity index (χ2n) is 6.46. The first-order chi connectivity index (χ1) is 12.7. The third kappa shape index (κ3) is 3.55. The van der Waals surface area contributed by atoms with E-state index < -0.39 is 6.10 Å². The monoisotopic (exact) mass is 373 g/mol. The molecule has 1 unspecified atom stereocenters. The van der Waals surface area contributed by atoms with Crippen LogP contribution in [0.15, 0.2) is 42.7 Å². The van der Waals surface area contributed by atoms with Gasteiger partial charge in [0.15, 0.2) is 11.5 Å². The van der Waals surface area contributed by atoms with E-state index in [1.165, 1.54) is 0 Å². The molecule has 1 N–H and O–H groups in total. The van der Waals surface area contributed by atoms with E-state index >= 15 is 0 Å². The Labute approximate surface area is 157 Å². The summed E-state index contributed by atoms with van der Waals surface area (Å²) in [6.07, 6.45) is 4.47. The van der Waals surface area contributed by atoms with Crippen molar-refractivity contribution in [1.82, 2.24) is 9.88 Å². The third-order valence-electron chi connectivity index (χ3n) is 4.72. The van der Waals surface area contributed by atoms with Crippen molar-refractivity contribution in [2.24, 2.45) is 0 Å². The summed E-state index contributed by atoms with van der Waals surface area (Å²) in [5.74, 6) is 1.30. The van der Waals surface area contributed by atoms with Gasteiger partial charge in [0, 0.05) is 31.5 Å². The van der Waals surface area contributed by atoms with Gasteiger partial charge in [0.1, 0.15) is 6.61 Å². The van der Waals surface area contributed by atoms with Gasteiger partial charge in [-0.3, -0.25) is 9.78 Å². The van der Waals surface area contributed by atoms with Crippen LogP contribution in [0.5, 0.6) is 11.5 Å². The number of likely N-dealkylation sites (tertiary alicyclic amines) is 1. The number of piperidine rings is 1. The Morgan fingerprint density at radius 3 is 2.73 bits per heavy atom. The van der Waals surface area contributed by atoms with Crippen LogP contribution in [0.3, 0.4) is 0 Å². The molecule has 0 saturated carbocycles. The number of nitrogens with one attached hydrogen (secondary N) is 1. The Kier molecular flexibility index (Phi) is 4.84. The number of carbonyl (C=O) groups excluding carboxylic acids is 1. The number of nitrogens with zero attached hydrogens (tertiary/aromatic N) is 2. The number of pyridine rings is 1. The first-order valence-electron chi connectivity index (χ1n) is 8.74. The number of amides is 1. The Balaban J connectivity index is 1.32. The lowest BCUT2D eigenvalue weighted by atomic mass is 10.0. The van der Waals surface area contributed by atoms with Gasteiger partial charge < -0.3 is 19.7 Å². The second kappa shape index (κ2) is 7.41. The van der Waals surface area contributed by atoms with E-state index in [0.29, 0.717) is 29.6 Å². The molecule has 1 fully saturated rings. The van der Waals surface area contributed by atoms with Crippen LogP contribution in [0.4, 0.5) is 5.69 Å². The summed E-state index contributed by atoms with van der Waals surface area (Å²) in [5, 5.41) is 4.04. The normalized spacial score (nSPS) is 19.9. The minimum Gasteiger partial charge on any atom is -0.485 e. The third-order valence-corrected chi connectivity index (χ3v) is 5.02. The molecule has 26 heavy (non-hydrogen) atoms. The van der Waals surface area contributed by atoms with E-state index in [-0.39, 0.29) is 18.6 Å². The molecule has 3 heterocycles. The highest BCUT2D eigenvalue weighted by molar-refractivity contribution is 6.33. The zero-order chi connectivity index (χ0) is 17.9. The molecule has 1 aromatic heterocycles. The largest absolute Gasteiger partial charge is 0.485 e. The molecule has 0 aliphatic carbocycles. The number of halogens is 1. The van der Waals surface area contributed by atoms with Crippen molar-refractivity contribution in [3.05, 3.63) is 47.7 Å². The summed E-state index contributed by atoms with van der Waals surface area (Å²) in [6.45, 7) is 1.61. The van der Waals surface area contributed by atoms with Gasteiger partial charge in [-0.25, -0.2) is 0 Å². The number of rotatable bonds is 3. The average molecular weight is 374 g/mol. The molecule has 2 aliphatic heterocycles. The SMILES string of the molecule is O=C(C1COc2ccccc2O1)N1CCC(Nc2ccncc2Cl)CC1. The zero-order valence-electron chi connectivity index (χ0n) is 14.2. The van der Waals surface area contributed by atoms with Crippen molar-refractivity contribution in [2.75, 3.05) is 25.0 Å². The molecule has 6 nitrogen and oxygen atoms in total. The number of hydrogen-bond acceptors (Lipinski definition) is 5. The highest BCUT2D eigenvalue weighted by atomic mass is 35.5. The van der Waals surface area contributed by atoms with Crippen molar-refractivity contribution >= 4 is 23.2 Å². The summed E-state index contributed by atoms with van der Waals surface area (Å²) in [5.41, 5.74) is 0.882. The zero-order valence-corrected chi connectivity index (χ0v) is 15.0. The van der Waals surface area contributed by atoms with Crippen LogP contribution in [-0.4, -0.2) is 47.6 Å². The maximum atomic E-state index is 12.8. The number of ether oxygens (including phenoxy) is 2. The van der Waals surface area contributed by atoms with Crippen LogP contribution in [0.2, 0.25) is 5.02 Å². The minimum absolute atomic E-state index is 0.0140. The standard InChI is InChI=1S/C19H20ClN3O3/c20-14-11-21-8-5-15(14)22-13-6-9-23(10-7-13)19(24)18-12-25-16-3-1-2-4-17(16)26-18/h1-5,8,11,13,18H,6-7,9-10,12H2,(H,21,22). The number of hydrogen-bond donors (Lipinski definition) is 1. The van der Waals surface area contributed by atoms with E-state index in [1.54, 1.807) is 12.4 Å². The molecule has 2 aliphatic rings. The minimum atomic E-state index is -0.580. The van der Waals surface area contributed by atoms with Crippen LogP contribution in [-0.2, 0) is 4.79 Å². The van der Waals surface area contributed by atoms with Crippen molar-refractivity contribution in [1.29, 1.82) is 0 Å². The van der Waals surface area contributed by atoms with E-state index in [0.717, 1.165) is 18.5 Å². The van der Waals surface area contributed by atoms with Crippen LogP contribution in [0.1, 0.15) is 12.8 Å². The highest BCUT2D eigenvalue weighted by Gasteiger charge is 2.33. The summed E-state index contributed by atoms with van der Waals surface area (Å²) < 4.78 is 11.5. The lowest BCUT2D eigenvalue weighted by Gasteiger charge is -2.36. The fraction of sp³-hybridized carbons (Fsp3) is 0.368. The molecule has 136 valence electrons. The van der Waals surface area contributed by atoms with Gasteiger partial charge in [-0.1, -0.05) is 23.7 Å². The van der Waals surface area contributed by atoms with Gasteiger partial charge in [0.2, 0.25) is 6.10 Å². The van der Waals surface area contributed by atoms with Crippen molar-refractivity contribution < 1.29 is 14.3 Å². The molecule has 0 radical (unpaired) electrons. The predicted octanol–water partition coefficient (Wildman–Crippen LogP) is 2.98. The molecule has 0 spiro atoms. The van der Waals surface area contributed by atoms with Gasteiger partial charge in [0.05, 0.1) is 10.7 Å². The van der Waals surface area contributed by atoms with Gasteiger partial charge in [-0.15, -0.1) is 0 Å². The number of aromatic nitrogens is 1. The molecule has 1 aromatic carbocycles. The molecule has 4 rings (SSSR count). The summed E-state index contributed by atoms with van der Waals surface area (Å²) in [4.78, 5) is 18.6. The first-order valence-corrected chi connectivity index (χ1v) is 9.12. The number of para-hydroxylation sites is 2. The molecule has 1 amide bonds. The van der Waals surface area contributed by atoms with E-state index in [1.807, 2.05) is 35.2 Å². The molecule has 0 bridgehead atoms. The Morgan fingerprint density at radius 1 is 1.19 bits per heavy atom. The predicted molar refractivity (Wildman–Crippen MR) is 98.8 cm³/mol. The topological polar surface area (TPSA) is 63.7 Å². The molecule has 7 heteroatoms. The molecular weight excluding hydrogens is 354 g/mol. The van der Waals surface area contributed by atoms with Crippen LogP contribution in [0.25, 0.3) is 0 Å². The van der Waals surface area contributed by atoms with Crippen LogP contribution < -0.4 is 14.8 Å². The summed E-state index contributed by atoms with van der Waals surface area (Å²) in [6, 6.07) is 9.57. The van der Waals surface area contributed by atoms with Gasteiger partial charge in [0.25, 0.3) is 5.91 Å². The Hall–Kier alpha value is -2.47. The van der Waals surface area contributed by atoms with Gasteiger partial charge >= 0.3 is 0 Å². The highest BCUT2D eigenvalue weighted by Crippen LogP contribution is 2.31. The first kappa shape index (κ1) is 17.0. The van der Waals surface area contributed by atoms with Crippen molar-refractivity contribution in [3.8, 4) is 11.5 Å². The number of benzene rings is 1.